The summed E-state index contributed by atoms with van der Waals surface area (Å²) in [6, 6.07) is -0.412. The fraction of sp³-hybridized carbons (Fsp3) is 0.333. The van der Waals surface area contributed by atoms with E-state index in [2.05, 4.69) is 4.98 Å². The van der Waals surface area contributed by atoms with Crippen LogP contribution in [0.15, 0.2) is 21.4 Å². The molecule has 2 aromatic rings. The predicted octanol–water partition coefficient (Wildman–Crippen LogP) is 0.686. The van der Waals surface area contributed by atoms with Gasteiger partial charge in [-0.1, -0.05) is 0 Å². The van der Waals surface area contributed by atoms with Crippen molar-refractivity contribution in [3.05, 3.63) is 18.4 Å². The van der Waals surface area contributed by atoms with E-state index in [1.807, 2.05) is 0 Å². The number of nitrogens with two attached hydrogens (primary N) is 2. The maximum atomic E-state index is 10.6. The average molecular weight is 209 g/mol. The summed E-state index contributed by atoms with van der Waals surface area (Å²) in [6.07, 6.45) is 3.57. The van der Waals surface area contributed by atoms with Gasteiger partial charge < -0.3 is 20.3 Å². The van der Waals surface area contributed by atoms with Crippen LogP contribution in [0.1, 0.15) is 24.8 Å². The first-order valence-corrected chi connectivity index (χ1v) is 4.53. The summed E-state index contributed by atoms with van der Waals surface area (Å²) >= 11 is 0. The molecule has 0 spiro atoms. The summed E-state index contributed by atoms with van der Waals surface area (Å²) < 4.78 is 10.2. The molecule has 1 atom stereocenters. The number of rotatable bonds is 4. The molecular formula is C9H11N3O3. The van der Waals surface area contributed by atoms with Gasteiger partial charge in [-0.3, -0.25) is 4.79 Å². The Balaban J connectivity index is 2.09. The average Bonchev–Trinajstić information content (AvgIpc) is 2.72. The Labute approximate surface area is 85.2 Å². The Morgan fingerprint density at radius 1 is 1.53 bits per heavy atom. The number of hydrogen-bond donors (Lipinski definition) is 2. The minimum Gasteiger partial charge on any atom is -0.466 e. The maximum absolute atomic E-state index is 10.6. The maximum Gasteiger partial charge on any atom is 0.217 e. The molecule has 80 valence electrons. The largest absolute Gasteiger partial charge is 0.466 e. The van der Waals surface area contributed by atoms with Gasteiger partial charge in [0.05, 0.1) is 6.04 Å². The second-order valence-electron chi connectivity index (χ2n) is 3.28. The van der Waals surface area contributed by atoms with Gasteiger partial charge in [0, 0.05) is 6.42 Å². The van der Waals surface area contributed by atoms with E-state index < -0.39 is 6.04 Å². The van der Waals surface area contributed by atoms with Crippen LogP contribution in [0, 0.1) is 0 Å². The van der Waals surface area contributed by atoms with E-state index in [0.717, 1.165) is 0 Å². The lowest BCUT2D eigenvalue weighted by Gasteiger charge is -2.04. The summed E-state index contributed by atoms with van der Waals surface area (Å²) in [6.45, 7) is 0. The highest BCUT2D eigenvalue weighted by Crippen LogP contribution is 2.21. The van der Waals surface area contributed by atoms with Crippen molar-refractivity contribution in [1.29, 1.82) is 0 Å². The second kappa shape index (κ2) is 3.74. The fourth-order valence-corrected chi connectivity index (χ4v) is 1.27. The Morgan fingerprint density at radius 2 is 2.33 bits per heavy atom. The zero-order valence-electron chi connectivity index (χ0n) is 7.97. The van der Waals surface area contributed by atoms with Crippen molar-refractivity contribution in [1.82, 2.24) is 4.98 Å². The summed E-state index contributed by atoms with van der Waals surface area (Å²) in [7, 11) is 0. The summed E-state index contributed by atoms with van der Waals surface area (Å²) in [5, 5.41) is 0. The first kappa shape index (κ1) is 9.72. The van der Waals surface area contributed by atoms with Gasteiger partial charge in [-0.05, 0) is 6.42 Å². The first-order chi connectivity index (χ1) is 7.16. The molecule has 2 heterocycles. The minimum absolute atomic E-state index is 0.220. The molecule has 0 aromatic carbocycles. The van der Waals surface area contributed by atoms with E-state index in [-0.39, 0.29) is 12.3 Å². The lowest BCUT2D eigenvalue weighted by molar-refractivity contribution is -0.118. The number of aromatic nitrogens is 1. The SMILES string of the molecule is NC(=O)CC[C@H](N)c1nc2cocc2o1. The molecule has 15 heavy (non-hydrogen) atoms. The van der Waals surface area contributed by atoms with Crippen molar-refractivity contribution in [2.24, 2.45) is 11.5 Å². The van der Waals surface area contributed by atoms with E-state index in [9.17, 15) is 4.79 Å². The molecule has 0 saturated heterocycles. The van der Waals surface area contributed by atoms with Crippen LogP contribution in [0.2, 0.25) is 0 Å². The Kier molecular flexibility index (Phi) is 2.42. The molecule has 4 N–H and O–H groups in total. The van der Waals surface area contributed by atoms with E-state index in [0.29, 0.717) is 23.4 Å². The summed E-state index contributed by atoms with van der Waals surface area (Å²) in [4.78, 5) is 14.7. The van der Waals surface area contributed by atoms with Crippen LogP contribution in [0.5, 0.6) is 0 Å². The molecule has 0 fully saturated rings. The van der Waals surface area contributed by atoms with Gasteiger partial charge in [-0.25, -0.2) is 4.98 Å². The van der Waals surface area contributed by atoms with E-state index in [1.165, 1.54) is 12.5 Å². The molecule has 1 amide bonds. The van der Waals surface area contributed by atoms with Crippen LogP contribution in [-0.2, 0) is 4.79 Å². The monoisotopic (exact) mass is 209 g/mol. The Morgan fingerprint density at radius 3 is 3.00 bits per heavy atom. The third-order valence-electron chi connectivity index (χ3n) is 2.07. The minimum atomic E-state index is -0.412. The van der Waals surface area contributed by atoms with Crippen molar-refractivity contribution < 1.29 is 13.6 Å². The third-order valence-corrected chi connectivity index (χ3v) is 2.07. The number of hydrogen-bond acceptors (Lipinski definition) is 5. The van der Waals surface area contributed by atoms with Crippen LogP contribution in [0.3, 0.4) is 0 Å². The molecule has 0 aliphatic rings. The number of oxazole rings is 1. The number of furan rings is 1. The van der Waals surface area contributed by atoms with Crippen molar-refractivity contribution in [2.45, 2.75) is 18.9 Å². The molecule has 0 aliphatic heterocycles. The van der Waals surface area contributed by atoms with Crippen LogP contribution < -0.4 is 11.5 Å². The topological polar surface area (TPSA) is 108 Å². The highest BCUT2D eigenvalue weighted by Gasteiger charge is 2.15. The van der Waals surface area contributed by atoms with Crippen molar-refractivity contribution in [2.75, 3.05) is 0 Å². The highest BCUT2D eigenvalue weighted by atomic mass is 16.4. The van der Waals surface area contributed by atoms with Gasteiger partial charge in [0.25, 0.3) is 0 Å². The lowest BCUT2D eigenvalue weighted by Crippen LogP contribution is -2.16. The zero-order valence-corrected chi connectivity index (χ0v) is 7.97. The van der Waals surface area contributed by atoms with Gasteiger partial charge in [0.1, 0.15) is 18.0 Å². The van der Waals surface area contributed by atoms with Gasteiger partial charge in [-0.15, -0.1) is 0 Å². The fourth-order valence-electron chi connectivity index (χ4n) is 1.27. The molecule has 0 unspecified atom stereocenters. The number of carbonyl (C=O) groups excluding carboxylic acids is 1. The normalized spacial score (nSPS) is 13.1. The molecule has 2 aromatic heterocycles. The van der Waals surface area contributed by atoms with Crippen LogP contribution in [-0.4, -0.2) is 10.9 Å². The predicted molar refractivity (Wildman–Crippen MR) is 51.6 cm³/mol. The molecule has 2 rings (SSSR count). The number of primary amides is 1. The summed E-state index contributed by atoms with van der Waals surface area (Å²) in [5.41, 5.74) is 12.0. The van der Waals surface area contributed by atoms with Crippen LogP contribution in [0.25, 0.3) is 11.1 Å². The van der Waals surface area contributed by atoms with Crippen molar-refractivity contribution in [3.8, 4) is 0 Å². The number of carbonyl (C=O) groups is 1. The first-order valence-electron chi connectivity index (χ1n) is 4.53. The molecule has 0 bridgehead atoms. The Hall–Kier alpha value is -1.82. The zero-order chi connectivity index (χ0) is 10.8. The van der Waals surface area contributed by atoms with Gasteiger partial charge >= 0.3 is 0 Å². The van der Waals surface area contributed by atoms with E-state index in [4.69, 9.17) is 20.3 Å². The molecule has 6 heteroatoms. The molecule has 0 aliphatic carbocycles. The second-order valence-corrected chi connectivity index (χ2v) is 3.28. The van der Waals surface area contributed by atoms with Crippen molar-refractivity contribution in [3.63, 3.8) is 0 Å². The molecular weight excluding hydrogens is 198 g/mol. The van der Waals surface area contributed by atoms with Gasteiger partial charge in [-0.2, -0.15) is 0 Å². The van der Waals surface area contributed by atoms with E-state index in [1.54, 1.807) is 0 Å². The standard InChI is InChI=1S/C9H11N3O3/c10-5(1-2-8(11)13)9-12-6-3-14-4-7(6)15-9/h3-5H,1-2,10H2,(H2,11,13)/t5-/m0/s1. The summed E-state index contributed by atoms with van der Waals surface area (Å²) in [5.74, 6) is 0.0167. The quantitative estimate of drug-likeness (QED) is 0.769. The third kappa shape index (κ3) is 1.99. The van der Waals surface area contributed by atoms with Gasteiger partial charge in [0.15, 0.2) is 5.58 Å². The molecule has 0 radical (unpaired) electrons. The van der Waals surface area contributed by atoms with Crippen molar-refractivity contribution >= 4 is 17.0 Å². The van der Waals surface area contributed by atoms with Crippen LogP contribution in [0.4, 0.5) is 0 Å². The number of fused-ring (bicyclic) bond motifs is 1. The Bertz CT molecular complexity index is 445. The highest BCUT2D eigenvalue weighted by molar-refractivity contribution is 5.73. The molecule has 0 saturated carbocycles. The number of amides is 1. The smallest absolute Gasteiger partial charge is 0.217 e. The lowest BCUT2D eigenvalue weighted by atomic mass is 10.1. The number of nitrogens with zero attached hydrogens (tertiary/aromatic N) is 1. The van der Waals surface area contributed by atoms with Gasteiger partial charge in [0.2, 0.25) is 11.8 Å². The van der Waals surface area contributed by atoms with Crippen LogP contribution >= 0.6 is 0 Å². The van der Waals surface area contributed by atoms with E-state index >= 15 is 0 Å². The molecule has 6 nitrogen and oxygen atoms in total.